The largest absolute Gasteiger partial charge is 0.355 e. The van der Waals surface area contributed by atoms with Crippen molar-refractivity contribution in [3.8, 4) is 0 Å². The fourth-order valence-corrected chi connectivity index (χ4v) is 8.59. The number of rotatable bonds is 10. The van der Waals surface area contributed by atoms with Crippen LogP contribution in [0.2, 0.25) is 0 Å². The Hall–Kier alpha value is -2.87. The van der Waals surface area contributed by atoms with Crippen LogP contribution in [0.25, 0.3) is 0 Å². The minimum absolute atomic E-state index is 0.209. The smallest absolute Gasteiger partial charge is 0.244 e. The second-order valence-electron chi connectivity index (χ2n) is 12.1. The van der Waals surface area contributed by atoms with Crippen molar-refractivity contribution in [2.45, 2.75) is 70.4 Å². The van der Waals surface area contributed by atoms with Gasteiger partial charge in [-0.1, -0.05) is 42.5 Å². The minimum Gasteiger partial charge on any atom is -0.355 e. The van der Waals surface area contributed by atoms with E-state index < -0.39 is 22.0 Å². The van der Waals surface area contributed by atoms with Crippen LogP contribution in [-0.4, -0.2) is 50.5 Å². The fourth-order valence-electron chi connectivity index (χ4n) is 7.74. The number of hydrogen-bond acceptors (Lipinski definition) is 4. The zero-order valence-electron chi connectivity index (χ0n) is 23.3. The summed E-state index contributed by atoms with van der Waals surface area (Å²) in [6.07, 6.45) is 8.94. The van der Waals surface area contributed by atoms with Gasteiger partial charge >= 0.3 is 0 Å². The van der Waals surface area contributed by atoms with Crippen LogP contribution in [0.3, 0.4) is 0 Å². The quantitative estimate of drug-likeness (QED) is 0.472. The standard InChI is InChI=1S/C31H41N3O4S/c1-4-32-30(36)22(2)33(20-23-8-6-5-7-9-23)29(35)21-34(39(3,37)38)28-12-10-27(11-13-28)31-17-24-14-25(18-31)16-26(15-24)19-31/h5-13,22,24-26H,4,14-21H2,1-3H3,(H,32,36). The molecular formula is C31H41N3O4S. The lowest BCUT2D eigenvalue weighted by molar-refractivity contribution is -0.139. The van der Waals surface area contributed by atoms with Crippen molar-refractivity contribution in [3.63, 3.8) is 0 Å². The van der Waals surface area contributed by atoms with Gasteiger partial charge in [-0.3, -0.25) is 13.9 Å². The summed E-state index contributed by atoms with van der Waals surface area (Å²) in [5, 5.41) is 2.78. The third kappa shape index (κ3) is 5.86. The van der Waals surface area contributed by atoms with Crippen molar-refractivity contribution in [2.75, 3.05) is 23.7 Å². The van der Waals surface area contributed by atoms with E-state index in [2.05, 4.69) is 17.4 Å². The number of carbonyl (C=O) groups is 2. The molecule has 0 heterocycles. The van der Waals surface area contributed by atoms with Crippen LogP contribution in [-0.2, 0) is 31.6 Å². The van der Waals surface area contributed by atoms with Crippen LogP contribution in [0.15, 0.2) is 54.6 Å². The van der Waals surface area contributed by atoms with Gasteiger partial charge in [0, 0.05) is 13.1 Å². The minimum atomic E-state index is -3.75. The van der Waals surface area contributed by atoms with E-state index in [1.807, 2.05) is 49.4 Å². The van der Waals surface area contributed by atoms with Crippen molar-refractivity contribution in [2.24, 2.45) is 17.8 Å². The van der Waals surface area contributed by atoms with Crippen LogP contribution >= 0.6 is 0 Å². The first-order valence-corrected chi connectivity index (χ1v) is 16.1. The summed E-state index contributed by atoms with van der Waals surface area (Å²) in [6, 6.07) is 16.6. The van der Waals surface area contributed by atoms with Gasteiger partial charge in [-0.15, -0.1) is 0 Å². The van der Waals surface area contributed by atoms with Crippen LogP contribution < -0.4 is 9.62 Å². The molecule has 39 heavy (non-hydrogen) atoms. The van der Waals surface area contributed by atoms with Crippen LogP contribution in [0, 0.1) is 17.8 Å². The summed E-state index contributed by atoms with van der Waals surface area (Å²) in [5.74, 6) is 1.77. The molecule has 7 nitrogen and oxygen atoms in total. The zero-order valence-corrected chi connectivity index (χ0v) is 24.1. The normalized spacial score (nSPS) is 26.2. The molecule has 4 saturated carbocycles. The van der Waals surface area contributed by atoms with Gasteiger partial charge in [0.05, 0.1) is 11.9 Å². The lowest BCUT2D eigenvalue weighted by Crippen LogP contribution is -2.51. The molecule has 1 N–H and O–H groups in total. The first-order valence-electron chi connectivity index (χ1n) is 14.3. The maximum Gasteiger partial charge on any atom is 0.244 e. The Bertz CT molecular complexity index is 1260. The maximum atomic E-state index is 13.7. The number of likely N-dealkylation sites (N-methyl/N-ethyl adjacent to an activating group) is 1. The number of carbonyl (C=O) groups excluding carboxylic acids is 2. The fraction of sp³-hybridized carbons (Fsp3) is 0.548. The molecule has 2 amide bonds. The Kier molecular flexibility index (Phi) is 7.77. The monoisotopic (exact) mass is 551 g/mol. The predicted octanol–water partition coefficient (Wildman–Crippen LogP) is 4.47. The highest BCUT2D eigenvalue weighted by Crippen LogP contribution is 2.60. The third-order valence-electron chi connectivity index (χ3n) is 9.20. The highest BCUT2D eigenvalue weighted by atomic mass is 32.2. The van der Waals surface area contributed by atoms with E-state index in [0.29, 0.717) is 12.2 Å². The van der Waals surface area contributed by atoms with E-state index in [-0.39, 0.29) is 24.4 Å². The number of anilines is 1. The molecule has 1 atom stereocenters. The zero-order chi connectivity index (χ0) is 27.8. The molecule has 1 unspecified atom stereocenters. The molecule has 4 aliphatic carbocycles. The Morgan fingerprint density at radius 1 is 0.949 bits per heavy atom. The van der Waals surface area contributed by atoms with Gasteiger partial charge in [-0.2, -0.15) is 0 Å². The molecule has 0 aliphatic heterocycles. The van der Waals surface area contributed by atoms with Crippen molar-refractivity contribution >= 4 is 27.5 Å². The Labute approximate surface area is 233 Å². The maximum absolute atomic E-state index is 13.7. The second-order valence-corrected chi connectivity index (χ2v) is 14.0. The first kappa shape index (κ1) is 27.7. The summed E-state index contributed by atoms with van der Waals surface area (Å²) >= 11 is 0. The molecule has 4 bridgehead atoms. The third-order valence-corrected chi connectivity index (χ3v) is 10.3. The van der Waals surface area contributed by atoms with Gasteiger partial charge in [-0.25, -0.2) is 8.42 Å². The van der Waals surface area contributed by atoms with E-state index in [4.69, 9.17) is 0 Å². The van der Waals surface area contributed by atoms with Gasteiger partial charge in [0.1, 0.15) is 12.6 Å². The highest BCUT2D eigenvalue weighted by Gasteiger charge is 2.51. The molecule has 2 aromatic rings. The average Bonchev–Trinajstić information content (AvgIpc) is 2.89. The molecule has 8 heteroatoms. The van der Waals surface area contributed by atoms with Crippen molar-refractivity contribution in [3.05, 3.63) is 65.7 Å². The molecule has 0 radical (unpaired) electrons. The lowest BCUT2D eigenvalue weighted by atomic mass is 9.48. The van der Waals surface area contributed by atoms with Crippen LogP contribution in [0.5, 0.6) is 0 Å². The number of amides is 2. The predicted molar refractivity (Wildman–Crippen MR) is 154 cm³/mol. The first-order chi connectivity index (χ1) is 18.6. The summed E-state index contributed by atoms with van der Waals surface area (Å²) < 4.78 is 27.0. The van der Waals surface area contributed by atoms with Crippen LogP contribution in [0.4, 0.5) is 5.69 Å². The molecular weight excluding hydrogens is 510 g/mol. The summed E-state index contributed by atoms with van der Waals surface area (Å²) in [6.45, 7) is 3.79. The Balaban J connectivity index is 1.38. The SMILES string of the molecule is CCNC(=O)C(C)N(Cc1ccccc1)C(=O)CN(c1ccc(C23CC4CC(CC(C4)C2)C3)cc1)S(C)(=O)=O. The molecule has 0 spiro atoms. The van der Waals surface area contributed by atoms with Gasteiger partial charge in [-0.05, 0) is 98.8 Å². The molecule has 6 rings (SSSR count). The topological polar surface area (TPSA) is 86.8 Å². The number of nitrogens with zero attached hydrogens (tertiary/aromatic N) is 2. The van der Waals surface area contributed by atoms with E-state index in [0.717, 1.165) is 29.6 Å². The van der Waals surface area contributed by atoms with Gasteiger partial charge in [0.25, 0.3) is 0 Å². The van der Waals surface area contributed by atoms with Gasteiger partial charge in [0.15, 0.2) is 0 Å². The number of benzene rings is 2. The lowest BCUT2D eigenvalue weighted by Gasteiger charge is -2.57. The summed E-state index contributed by atoms with van der Waals surface area (Å²) in [5.41, 5.74) is 2.87. The second kappa shape index (κ2) is 11.0. The van der Waals surface area contributed by atoms with Crippen molar-refractivity contribution < 1.29 is 18.0 Å². The van der Waals surface area contributed by atoms with E-state index in [9.17, 15) is 18.0 Å². The molecule has 0 aromatic heterocycles. The number of nitrogens with one attached hydrogen (secondary N) is 1. The summed E-state index contributed by atoms with van der Waals surface area (Å²) in [4.78, 5) is 27.8. The van der Waals surface area contributed by atoms with Crippen LogP contribution in [0.1, 0.15) is 63.5 Å². The van der Waals surface area contributed by atoms with E-state index in [1.165, 1.54) is 53.3 Å². The Morgan fingerprint density at radius 2 is 1.51 bits per heavy atom. The van der Waals surface area contributed by atoms with E-state index >= 15 is 0 Å². The van der Waals surface area contributed by atoms with Gasteiger partial charge in [0.2, 0.25) is 21.8 Å². The van der Waals surface area contributed by atoms with Gasteiger partial charge < -0.3 is 10.2 Å². The molecule has 4 fully saturated rings. The molecule has 0 saturated heterocycles. The molecule has 4 aliphatic rings. The number of hydrogen-bond donors (Lipinski definition) is 1. The highest BCUT2D eigenvalue weighted by molar-refractivity contribution is 7.92. The van der Waals surface area contributed by atoms with E-state index in [1.54, 1.807) is 6.92 Å². The Morgan fingerprint density at radius 3 is 2.03 bits per heavy atom. The molecule has 2 aromatic carbocycles. The summed E-state index contributed by atoms with van der Waals surface area (Å²) in [7, 11) is -3.75. The van der Waals surface area contributed by atoms with Crippen molar-refractivity contribution in [1.82, 2.24) is 10.2 Å². The average molecular weight is 552 g/mol. The molecule has 210 valence electrons. The number of sulfonamides is 1. The van der Waals surface area contributed by atoms with Crippen molar-refractivity contribution in [1.29, 1.82) is 0 Å².